The average molecular weight is 321 g/mol. The van der Waals surface area contributed by atoms with Crippen LogP contribution in [0.1, 0.15) is 5.56 Å². The third-order valence-corrected chi connectivity index (χ3v) is 2.70. The smallest absolute Gasteiger partial charge is 0.145 e. The van der Waals surface area contributed by atoms with Gasteiger partial charge in [-0.25, -0.2) is 0 Å². The van der Waals surface area contributed by atoms with Crippen molar-refractivity contribution in [2.24, 2.45) is 10.2 Å². The monoisotopic (exact) mass is 320 g/mol. The van der Waals surface area contributed by atoms with Gasteiger partial charge in [-0.15, -0.1) is 0 Å². The zero-order chi connectivity index (χ0) is 14.0. The molecule has 0 unspecified atom stereocenters. The Bertz CT molecular complexity index is 684. The molecule has 0 saturated carbocycles. The number of azo groups is 1. The molecular weight excluding hydrogens is 306 g/mol. The van der Waals surface area contributed by atoms with Crippen LogP contribution in [0.25, 0.3) is 10.8 Å². The zero-order valence-corrected chi connectivity index (χ0v) is 11.8. The molecule has 1 radical (unpaired) electrons. The van der Waals surface area contributed by atoms with Gasteiger partial charge in [0.2, 0.25) is 0 Å². The van der Waals surface area contributed by atoms with E-state index in [1.165, 1.54) is 6.07 Å². The van der Waals surface area contributed by atoms with Crippen LogP contribution < -0.4 is 5.73 Å². The molecule has 6 heteroatoms. The summed E-state index contributed by atoms with van der Waals surface area (Å²) < 4.78 is 0. The van der Waals surface area contributed by atoms with E-state index in [4.69, 9.17) is 10.8 Å². The standard InChI is InChI=1S/C14H15N3O2.Cu/c1-8-3-4-10-11(5-8)12(15)6-13(19)14(10)17-16-7-9(2)18;/h3-6,18-19H,2,7,15H2,1H3;. The maximum atomic E-state index is 9.91. The van der Waals surface area contributed by atoms with Crippen LogP contribution in [0.15, 0.2) is 46.8 Å². The molecule has 0 aromatic heterocycles. The predicted molar refractivity (Wildman–Crippen MR) is 75.9 cm³/mol. The molecule has 0 aliphatic rings. The van der Waals surface area contributed by atoms with Gasteiger partial charge in [-0.1, -0.05) is 24.3 Å². The number of aryl methyl sites for hydroxylation is 1. The quantitative estimate of drug-likeness (QED) is 0.349. The number of nitrogens with two attached hydrogens (primary N) is 1. The largest absolute Gasteiger partial charge is 0.511 e. The normalized spacial score (nSPS) is 10.7. The maximum absolute atomic E-state index is 9.91. The van der Waals surface area contributed by atoms with Gasteiger partial charge in [0.25, 0.3) is 0 Å². The zero-order valence-electron chi connectivity index (χ0n) is 10.9. The molecule has 2 aromatic rings. The second-order valence-corrected chi connectivity index (χ2v) is 4.35. The molecule has 20 heavy (non-hydrogen) atoms. The molecule has 0 spiro atoms. The Morgan fingerprint density at radius 3 is 2.65 bits per heavy atom. The van der Waals surface area contributed by atoms with Gasteiger partial charge in [-0.05, 0) is 13.0 Å². The topological polar surface area (TPSA) is 91.2 Å². The minimum absolute atomic E-state index is 0. The summed E-state index contributed by atoms with van der Waals surface area (Å²) in [6, 6.07) is 7.12. The van der Waals surface area contributed by atoms with E-state index >= 15 is 0 Å². The number of anilines is 1. The van der Waals surface area contributed by atoms with Crippen LogP contribution in [0.5, 0.6) is 5.75 Å². The average Bonchev–Trinajstić information content (AvgIpc) is 2.33. The SMILES string of the molecule is C=C(O)CN=Nc1c(O)cc(N)c2cc(C)ccc12.[Cu]. The second-order valence-electron chi connectivity index (χ2n) is 4.35. The maximum Gasteiger partial charge on any atom is 0.145 e. The molecule has 0 aliphatic carbocycles. The van der Waals surface area contributed by atoms with Crippen molar-refractivity contribution in [2.45, 2.75) is 6.92 Å². The van der Waals surface area contributed by atoms with Crippen molar-refractivity contribution in [3.63, 3.8) is 0 Å². The fraction of sp³-hybridized carbons (Fsp3) is 0.143. The van der Waals surface area contributed by atoms with Crippen molar-refractivity contribution in [3.05, 3.63) is 42.2 Å². The number of rotatable bonds is 3. The van der Waals surface area contributed by atoms with Gasteiger partial charge < -0.3 is 15.9 Å². The summed E-state index contributed by atoms with van der Waals surface area (Å²) in [5.74, 6) is -0.125. The summed E-state index contributed by atoms with van der Waals surface area (Å²) in [7, 11) is 0. The van der Waals surface area contributed by atoms with Crippen molar-refractivity contribution < 1.29 is 27.3 Å². The first-order valence-corrected chi connectivity index (χ1v) is 5.75. The molecule has 0 bridgehead atoms. The van der Waals surface area contributed by atoms with Crippen molar-refractivity contribution in [1.29, 1.82) is 0 Å². The summed E-state index contributed by atoms with van der Waals surface area (Å²) in [6.45, 7) is 5.27. The third-order valence-electron chi connectivity index (χ3n) is 2.70. The Hall–Kier alpha value is -2.04. The number of hydrogen-bond acceptors (Lipinski definition) is 5. The molecule has 0 saturated heterocycles. The van der Waals surface area contributed by atoms with E-state index in [9.17, 15) is 5.11 Å². The number of fused-ring (bicyclic) bond motifs is 1. The van der Waals surface area contributed by atoms with Crippen molar-refractivity contribution in [3.8, 4) is 5.75 Å². The minimum Gasteiger partial charge on any atom is -0.511 e. The molecule has 0 atom stereocenters. The summed E-state index contributed by atoms with van der Waals surface area (Å²) in [6.07, 6.45) is 0. The van der Waals surface area contributed by atoms with Crippen molar-refractivity contribution in [1.82, 2.24) is 0 Å². The van der Waals surface area contributed by atoms with Gasteiger partial charge in [-0.2, -0.15) is 10.2 Å². The van der Waals surface area contributed by atoms with Gasteiger partial charge >= 0.3 is 0 Å². The molecular formula is C14H15CuN3O2. The molecule has 0 heterocycles. The van der Waals surface area contributed by atoms with Gasteiger partial charge in [-0.3, -0.25) is 0 Å². The Kier molecular flexibility index (Phi) is 5.13. The molecule has 0 aliphatic heterocycles. The fourth-order valence-corrected chi connectivity index (χ4v) is 1.83. The van der Waals surface area contributed by atoms with E-state index in [0.717, 1.165) is 16.3 Å². The first-order valence-electron chi connectivity index (χ1n) is 5.75. The minimum atomic E-state index is -0.0844. The third kappa shape index (κ3) is 3.29. The van der Waals surface area contributed by atoms with E-state index in [1.54, 1.807) is 0 Å². The van der Waals surface area contributed by atoms with Gasteiger partial charge in [0, 0.05) is 39.6 Å². The Labute approximate surface area is 127 Å². The van der Waals surface area contributed by atoms with Gasteiger partial charge in [0.05, 0.1) is 0 Å². The number of phenols is 1. The van der Waals surface area contributed by atoms with E-state index in [-0.39, 0.29) is 35.1 Å². The first-order chi connectivity index (χ1) is 8.99. The van der Waals surface area contributed by atoms with E-state index in [2.05, 4.69) is 16.8 Å². The molecule has 2 aromatic carbocycles. The van der Waals surface area contributed by atoms with Crippen LogP contribution in [0.3, 0.4) is 0 Å². The number of hydrogen-bond donors (Lipinski definition) is 3. The molecule has 0 amide bonds. The van der Waals surface area contributed by atoms with E-state index < -0.39 is 0 Å². The summed E-state index contributed by atoms with van der Waals surface area (Å²) in [5.41, 5.74) is 7.78. The number of nitrogen functional groups attached to an aromatic ring is 1. The number of aliphatic hydroxyl groups is 1. The number of phenolic OH excluding ortho intramolecular Hbond substituents is 1. The van der Waals surface area contributed by atoms with Gasteiger partial charge in [0.1, 0.15) is 23.7 Å². The number of aliphatic hydroxyl groups excluding tert-OH is 1. The summed E-state index contributed by atoms with van der Waals surface area (Å²) >= 11 is 0. The van der Waals surface area contributed by atoms with Crippen LogP contribution in [-0.4, -0.2) is 16.8 Å². The first kappa shape index (κ1) is 16.0. The fourth-order valence-electron chi connectivity index (χ4n) is 1.83. The number of nitrogens with zero attached hydrogens (tertiary/aromatic N) is 2. The Balaban J connectivity index is 0.00000200. The second kappa shape index (κ2) is 6.41. The van der Waals surface area contributed by atoms with Crippen LogP contribution in [0, 0.1) is 6.92 Å². The molecule has 2 rings (SSSR count). The molecule has 0 fully saturated rings. The van der Waals surface area contributed by atoms with E-state index in [1.807, 2.05) is 25.1 Å². The Morgan fingerprint density at radius 1 is 1.30 bits per heavy atom. The molecule has 5 nitrogen and oxygen atoms in total. The van der Waals surface area contributed by atoms with Crippen LogP contribution in [-0.2, 0) is 17.1 Å². The van der Waals surface area contributed by atoms with Crippen LogP contribution in [0.2, 0.25) is 0 Å². The van der Waals surface area contributed by atoms with Crippen LogP contribution >= 0.6 is 0 Å². The molecule has 4 N–H and O–H groups in total. The number of benzene rings is 2. The summed E-state index contributed by atoms with van der Waals surface area (Å²) in [5, 5.41) is 28.1. The number of aromatic hydroxyl groups is 1. The molecule has 109 valence electrons. The Morgan fingerprint density at radius 2 is 2.00 bits per heavy atom. The van der Waals surface area contributed by atoms with E-state index in [0.29, 0.717) is 11.4 Å². The van der Waals surface area contributed by atoms with Crippen molar-refractivity contribution >= 4 is 22.1 Å². The summed E-state index contributed by atoms with van der Waals surface area (Å²) in [4.78, 5) is 0. The van der Waals surface area contributed by atoms with Gasteiger partial charge in [0.15, 0.2) is 0 Å². The van der Waals surface area contributed by atoms with Crippen molar-refractivity contribution in [2.75, 3.05) is 12.3 Å². The predicted octanol–water partition coefficient (Wildman–Crippen LogP) is 3.59. The van der Waals surface area contributed by atoms with Crippen LogP contribution in [0.4, 0.5) is 11.4 Å².